The lowest BCUT2D eigenvalue weighted by atomic mass is 10.1. The summed E-state index contributed by atoms with van der Waals surface area (Å²) in [7, 11) is 0. The quantitative estimate of drug-likeness (QED) is 0.644. The number of anilines is 1. The van der Waals surface area contributed by atoms with Crippen LogP contribution in [0.15, 0.2) is 42.5 Å². The van der Waals surface area contributed by atoms with Gasteiger partial charge in [-0.25, -0.2) is 9.18 Å². The molecule has 1 fully saturated rings. The molecule has 26 heavy (non-hydrogen) atoms. The Morgan fingerprint density at radius 1 is 1.19 bits per heavy atom. The van der Waals surface area contributed by atoms with Crippen molar-refractivity contribution in [2.24, 2.45) is 0 Å². The third-order valence-corrected chi connectivity index (χ3v) is 5.40. The van der Waals surface area contributed by atoms with Crippen molar-refractivity contribution in [3.05, 3.63) is 64.4 Å². The first-order valence-corrected chi connectivity index (χ1v) is 9.00. The zero-order chi connectivity index (χ0) is 18.9. The van der Waals surface area contributed by atoms with Gasteiger partial charge in [0.15, 0.2) is 0 Å². The van der Waals surface area contributed by atoms with E-state index in [-0.39, 0.29) is 5.02 Å². The molecule has 2 amide bonds. The summed E-state index contributed by atoms with van der Waals surface area (Å²) in [6, 6.07) is 8.16. The predicted octanol–water partition coefficient (Wildman–Crippen LogP) is 5.78. The van der Waals surface area contributed by atoms with Crippen molar-refractivity contribution in [3.63, 3.8) is 0 Å². The van der Waals surface area contributed by atoms with E-state index in [0.29, 0.717) is 23.5 Å². The van der Waals surface area contributed by atoms with Crippen LogP contribution < -0.4 is 5.32 Å². The van der Waals surface area contributed by atoms with Crippen LogP contribution in [0, 0.1) is 5.82 Å². The highest BCUT2D eigenvalue weighted by atomic mass is 35.5. The van der Waals surface area contributed by atoms with E-state index in [1.165, 1.54) is 40.9 Å². The molecule has 2 aromatic carbocycles. The third kappa shape index (κ3) is 4.07. The summed E-state index contributed by atoms with van der Waals surface area (Å²) < 4.78 is 51.3. The van der Waals surface area contributed by atoms with Crippen LogP contribution in [0.3, 0.4) is 0 Å². The van der Waals surface area contributed by atoms with E-state index in [1.807, 2.05) is 0 Å². The van der Waals surface area contributed by atoms with Crippen molar-refractivity contribution >= 4 is 35.1 Å². The number of hydrogen-bond donors (Lipinski definition) is 1. The molecule has 0 spiro atoms. The molecule has 0 saturated carbocycles. The molecule has 0 aliphatic carbocycles. The van der Waals surface area contributed by atoms with E-state index in [2.05, 4.69) is 5.32 Å². The normalized spacial score (nSPS) is 17.4. The van der Waals surface area contributed by atoms with Gasteiger partial charge in [0.2, 0.25) is 0 Å². The number of rotatable bonds is 2. The molecular weight excluding hydrogens is 392 g/mol. The first-order chi connectivity index (χ1) is 12.3. The number of thioether (sulfide) groups is 1. The topological polar surface area (TPSA) is 32.3 Å². The Morgan fingerprint density at radius 2 is 1.88 bits per heavy atom. The molecule has 1 aliphatic heterocycles. The van der Waals surface area contributed by atoms with Crippen molar-refractivity contribution in [1.82, 2.24) is 4.90 Å². The fourth-order valence-corrected chi connectivity index (χ4v) is 4.00. The monoisotopic (exact) mass is 404 g/mol. The molecule has 1 aliphatic rings. The summed E-state index contributed by atoms with van der Waals surface area (Å²) in [4.78, 5) is 14.0. The zero-order valence-corrected chi connectivity index (χ0v) is 14.8. The van der Waals surface area contributed by atoms with Crippen molar-refractivity contribution < 1.29 is 22.4 Å². The average Bonchev–Trinajstić information content (AvgIpc) is 3.07. The SMILES string of the molecule is O=C(Nc1ccc(F)c(Cl)c1)N1CCS[C@H]1c1ccc(C(F)(F)F)cc1. The standard InChI is InChI=1S/C17H13ClF4N2OS/c18-13-9-12(5-6-14(13)19)23-16(25)24-7-8-26-15(24)10-1-3-11(4-2-10)17(20,21)22/h1-6,9,15H,7-8H2,(H,23,25)/t15-/m0/s1. The number of carbonyl (C=O) groups excluding carboxylic acids is 1. The first kappa shape index (κ1) is 18.8. The van der Waals surface area contributed by atoms with E-state index in [1.54, 1.807) is 0 Å². The summed E-state index contributed by atoms with van der Waals surface area (Å²) in [5, 5.41) is 2.12. The fourth-order valence-electron chi connectivity index (χ4n) is 2.56. The highest BCUT2D eigenvalue weighted by Crippen LogP contribution is 2.39. The Balaban J connectivity index is 1.75. The van der Waals surface area contributed by atoms with Gasteiger partial charge >= 0.3 is 12.2 Å². The lowest BCUT2D eigenvalue weighted by molar-refractivity contribution is -0.137. The molecule has 0 radical (unpaired) electrons. The molecule has 0 bridgehead atoms. The van der Waals surface area contributed by atoms with Crippen LogP contribution >= 0.6 is 23.4 Å². The molecule has 1 saturated heterocycles. The summed E-state index contributed by atoms with van der Waals surface area (Å²) in [5.41, 5.74) is 0.207. The van der Waals surface area contributed by atoms with Crippen molar-refractivity contribution in [2.45, 2.75) is 11.6 Å². The maximum Gasteiger partial charge on any atom is 0.416 e. The second-order valence-corrected chi connectivity index (χ2v) is 7.19. The van der Waals surface area contributed by atoms with Crippen LogP contribution in [0.1, 0.15) is 16.5 Å². The van der Waals surface area contributed by atoms with Crippen molar-refractivity contribution in [2.75, 3.05) is 17.6 Å². The van der Waals surface area contributed by atoms with Crippen LogP contribution in [0.5, 0.6) is 0 Å². The van der Waals surface area contributed by atoms with Crippen LogP contribution in [-0.2, 0) is 6.18 Å². The number of hydrogen-bond acceptors (Lipinski definition) is 2. The van der Waals surface area contributed by atoms with Gasteiger partial charge in [-0.1, -0.05) is 23.7 Å². The first-order valence-electron chi connectivity index (χ1n) is 7.57. The number of nitrogens with zero attached hydrogens (tertiary/aromatic N) is 1. The minimum Gasteiger partial charge on any atom is -0.308 e. The molecule has 138 valence electrons. The van der Waals surface area contributed by atoms with Crippen molar-refractivity contribution in [1.29, 1.82) is 0 Å². The number of benzene rings is 2. The van der Waals surface area contributed by atoms with E-state index in [9.17, 15) is 22.4 Å². The summed E-state index contributed by atoms with van der Waals surface area (Å²) in [5.74, 6) is 0.0625. The summed E-state index contributed by atoms with van der Waals surface area (Å²) >= 11 is 7.16. The predicted molar refractivity (Wildman–Crippen MR) is 93.8 cm³/mol. The van der Waals surface area contributed by atoms with Crippen molar-refractivity contribution in [3.8, 4) is 0 Å². The number of carbonyl (C=O) groups is 1. The second kappa shape index (κ2) is 7.36. The minimum absolute atomic E-state index is 0.113. The number of amides is 2. The van der Waals surface area contributed by atoms with Gasteiger partial charge in [-0.2, -0.15) is 13.2 Å². The maximum absolute atomic E-state index is 13.2. The molecular formula is C17H13ClF4N2OS. The van der Waals surface area contributed by atoms with E-state index < -0.39 is 29.0 Å². The lowest BCUT2D eigenvalue weighted by Gasteiger charge is -2.24. The molecule has 3 nitrogen and oxygen atoms in total. The molecule has 0 unspecified atom stereocenters. The fraction of sp³-hybridized carbons (Fsp3) is 0.235. The number of halogens is 5. The number of alkyl halides is 3. The Morgan fingerprint density at radius 3 is 2.50 bits per heavy atom. The van der Waals surface area contributed by atoms with E-state index in [0.717, 1.165) is 18.2 Å². The van der Waals surface area contributed by atoms with Crippen LogP contribution in [0.2, 0.25) is 5.02 Å². The van der Waals surface area contributed by atoms with Gasteiger partial charge < -0.3 is 10.2 Å². The van der Waals surface area contributed by atoms with Gasteiger partial charge in [-0.3, -0.25) is 0 Å². The molecule has 9 heteroatoms. The zero-order valence-electron chi connectivity index (χ0n) is 13.2. The van der Waals surface area contributed by atoms with Gasteiger partial charge in [0.1, 0.15) is 11.2 Å². The lowest BCUT2D eigenvalue weighted by Crippen LogP contribution is -2.34. The van der Waals surface area contributed by atoms with Crippen LogP contribution in [0.4, 0.5) is 28.0 Å². The molecule has 3 rings (SSSR count). The summed E-state index contributed by atoms with van der Waals surface area (Å²) in [6.45, 7) is 0.442. The van der Waals surface area contributed by atoms with Gasteiger partial charge in [0.05, 0.1) is 10.6 Å². The molecule has 1 heterocycles. The van der Waals surface area contributed by atoms with E-state index in [4.69, 9.17) is 11.6 Å². The highest BCUT2D eigenvalue weighted by molar-refractivity contribution is 7.99. The molecule has 0 aromatic heterocycles. The highest BCUT2D eigenvalue weighted by Gasteiger charge is 2.33. The molecule has 1 atom stereocenters. The molecule has 1 N–H and O–H groups in total. The largest absolute Gasteiger partial charge is 0.416 e. The van der Waals surface area contributed by atoms with Gasteiger partial charge in [0, 0.05) is 18.0 Å². The van der Waals surface area contributed by atoms with Crippen LogP contribution in [-0.4, -0.2) is 23.2 Å². The number of nitrogens with one attached hydrogen (secondary N) is 1. The maximum atomic E-state index is 13.2. The second-order valence-electron chi connectivity index (χ2n) is 5.60. The third-order valence-electron chi connectivity index (χ3n) is 3.85. The summed E-state index contributed by atoms with van der Waals surface area (Å²) in [6.07, 6.45) is -4.40. The van der Waals surface area contributed by atoms with Gasteiger partial charge in [-0.15, -0.1) is 11.8 Å². The smallest absolute Gasteiger partial charge is 0.308 e. The molecule has 2 aromatic rings. The van der Waals surface area contributed by atoms with Gasteiger partial charge in [0.25, 0.3) is 0 Å². The van der Waals surface area contributed by atoms with E-state index >= 15 is 0 Å². The Bertz CT molecular complexity index is 813. The average molecular weight is 405 g/mol. The number of urea groups is 1. The Kier molecular flexibility index (Phi) is 5.34. The Labute approximate surface area is 156 Å². The van der Waals surface area contributed by atoms with Crippen LogP contribution in [0.25, 0.3) is 0 Å². The van der Waals surface area contributed by atoms with Gasteiger partial charge in [-0.05, 0) is 35.9 Å². The minimum atomic E-state index is -4.40. The Hall–Kier alpha value is -1.93.